The van der Waals surface area contributed by atoms with E-state index in [1.54, 1.807) is 36.4 Å². The minimum atomic E-state index is -0.608. The number of carbonyl (C=O) groups excluding carboxylic acids is 1. The van der Waals surface area contributed by atoms with Crippen LogP contribution in [-0.2, 0) is 11.2 Å². The summed E-state index contributed by atoms with van der Waals surface area (Å²) < 4.78 is 13.1. The van der Waals surface area contributed by atoms with Crippen LogP contribution in [-0.4, -0.2) is 12.5 Å². The maximum atomic E-state index is 13.1. The number of nitriles is 2. The molecule has 2 aromatic carbocycles. The molecule has 6 heteroatoms. The van der Waals surface area contributed by atoms with Crippen molar-refractivity contribution in [3.63, 3.8) is 0 Å². The molecule has 1 amide bonds. The van der Waals surface area contributed by atoms with Crippen molar-refractivity contribution in [2.75, 3.05) is 11.9 Å². The molecule has 0 bridgehead atoms. The molecule has 0 atom stereocenters. The number of hydrogen-bond acceptors (Lipinski definition) is 4. The molecule has 2 aromatic rings. The maximum absolute atomic E-state index is 13.1. The van der Waals surface area contributed by atoms with Crippen LogP contribution >= 0.6 is 0 Å². The molecular formula is C19H15FN4O. The van der Waals surface area contributed by atoms with E-state index in [0.29, 0.717) is 24.2 Å². The van der Waals surface area contributed by atoms with Crippen molar-refractivity contribution < 1.29 is 9.18 Å². The number of amides is 1. The Hall–Kier alpha value is -3.64. The molecule has 0 aromatic heterocycles. The van der Waals surface area contributed by atoms with Gasteiger partial charge in [0.05, 0.1) is 11.3 Å². The van der Waals surface area contributed by atoms with Gasteiger partial charge in [0.15, 0.2) is 0 Å². The number of benzene rings is 2. The lowest BCUT2D eigenvalue weighted by molar-refractivity contribution is -0.112. The smallest absolute Gasteiger partial charge is 0.267 e. The standard InChI is InChI=1S/C19H15FN4O/c20-17-6-3-4-14(10-17)8-9-23-13-16(12-22)19(25)24-18-7-2-1-5-15(18)11-21/h1-7,10,13,23H,8-9H2,(H,24,25)/b16-13-. The summed E-state index contributed by atoms with van der Waals surface area (Å²) in [6.07, 6.45) is 1.86. The molecule has 2 rings (SSSR count). The lowest BCUT2D eigenvalue weighted by Crippen LogP contribution is -2.18. The fraction of sp³-hybridized carbons (Fsp3) is 0.105. The van der Waals surface area contributed by atoms with E-state index in [4.69, 9.17) is 10.5 Å². The van der Waals surface area contributed by atoms with E-state index < -0.39 is 5.91 Å². The highest BCUT2D eigenvalue weighted by Crippen LogP contribution is 2.14. The van der Waals surface area contributed by atoms with Gasteiger partial charge in [-0.3, -0.25) is 4.79 Å². The third kappa shape index (κ3) is 5.19. The van der Waals surface area contributed by atoms with E-state index in [0.717, 1.165) is 5.56 Å². The Morgan fingerprint density at radius 1 is 1.16 bits per heavy atom. The first-order valence-corrected chi connectivity index (χ1v) is 7.52. The summed E-state index contributed by atoms with van der Waals surface area (Å²) in [5, 5.41) is 23.5. The number of para-hydroxylation sites is 1. The van der Waals surface area contributed by atoms with Crippen molar-refractivity contribution in [1.29, 1.82) is 10.5 Å². The van der Waals surface area contributed by atoms with Gasteiger partial charge in [-0.1, -0.05) is 24.3 Å². The quantitative estimate of drug-likeness (QED) is 0.483. The van der Waals surface area contributed by atoms with Gasteiger partial charge in [-0.05, 0) is 36.2 Å². The lowest BCUT2D eigenvalue weighted by Gasteiger charge is -2.06. The zero-order valence-electron chi connectivity index (χ0n) is 13.3. The average Bonchev–Trinajstić information content (AvgIpc) is 2.62. The average molecular weight is 334 g/mol. The Bertz CT molecular complexity index is 877. The lowest BCUT2D eigenvalue weighted by atomic mass is 10.1. The molecule has 0 radical (unpaired) electrons. The molecule has 0 aliphatic carbocycles. The summed E-state index contributed by atoms with van der Waals surface area (Å²) in [5.41, 5.74) is 1.35. The van der Waals surface area contributed by atoms with Gasteiger partial charge in [0.1, 0.15) is 23.5 Å². The molecule has 124 valence electrons. The highest BCUT2D eigenvalue weighted by molar-refractivity contribution is 6.07. The summed E-state index contributed by atoms with van der Waals surface area (Å²) in [6, 6.07) is 16.5. The van der Waals surface area contributed by atoms with Crippen LogP contribution in [0.15, 0.2) is 60.3 Å². The van der Waals surface area contributed by atoms with Crippen LogP contribution in [0.25, 0.3) is 0 Å². The second kappa shape index (κ2) is 8.85. The zero-order valence-corrected chi connectivity index (χ0v) is 13.3. The van der Waals surface area contributed by atoms with Crippen LogP contribution in [0.3, 0.4) is 0 Å². The van der Waals surface area contributed by atoms with Gasteiger partial charge in [-0.25, -0.2) is 4.39 Å². The van der Waals surface area contributed by atoms with E-state index in [-0.39, 0.29) is 11.4 Å². The van der Waals surface area contributed by atoms with Gasteiger partial charge < -0.3 is 10.6 Å². The third-order valence-corrected chi connectivity index (χ3v) is 3.35. The summed E-state index contributed by atoms with van der Waals surface area (Å²) in [7, 11) is 0. The van der Waals surface area contributed by atoms with Crippen molar-refractivity contribution in [1.82, 2.24) is 5.32 Å². The SMILES string of the molecule is N#C/C(=C/NCCc1cccc(F)c1)C(=O)Nc1ccccc1C#N. The summed E-state index contributed by atoms with van der Waals surface area (Å²) in [6.45, 7) is 0.441. The highest BCUT2D eigenvalue weighted by atomic mass is 19.1. The molecule has 0 unspecified atom stereocenters. The van der Waals surface area contributed by atoms with E-state index in [1.165, 1.54) is 18.3 Å². The van der Waals surface area contributed by atoms with Crippen molar-refractivity contribution in [2.45, 2.75) is 6.42 Å². The Balaban J connectivity index is 1.94. The number of hydrogen-bond donors (Lipinski definition) is 2. The molecule has 0 saturated carbocycles. The third-order valence-electron chi connectivity index (χ3n) is 3.35. The molecule has 0 spiro atoms. The molecule has 0 aliphatic rings. The Morgan fingerprint density at radius 3 is 2.68 bits per heavy atom. The van der Waals surface area contributed by atoms with Gasteiger partial charge in [-0.15, -0.1) is 0 Å². The number of nitrogens with one attached hydrogen (secondary N) is 2. The van der Waals surface area contributed by atoms with Crippen molar-refractivity contribution in [3.05, 3.63) is 77.2 Å². The maximum Gasteiger partial charge on any atom is 0.267 e. The van der Waals surface area contributed by atoms with E-state index in [2.05, 4.69) is 10.6 Å². The number of anilines is 1. The second-order valence-corrected chi connectivity index (χ2v) is 5.12. The van der Waals surface area contributed by atoms with E-state index in [1.807, 2.05) is 12.1 Å². The van der Waals surface area contributed by atoms with Crippen LogP contribution < -0.4 is 10.6 Å². The second-order valence-electron chi connectivity index (χ2n) is 5.12. The van der Waals surface area contributed by atoms with Gasteiger partial charge in [0.2, 0.25) is 0 Å². The molecule has 5 nitrogen and oxygen atoms in total. The van der Waals surface area contributed by atoms with Gasteiger partial charge in [-0.2, -0.15) is 10.5 Å². The molecular weight excluding hydrogens is 319 g/mol. The Kier molecular flexibility index (Phi) is 6.27. The normalized spacial score (nSPS) is 10.4. The van der Waals surface area contributed by atoms with Crippen LogP contribution in [0.2, 0.25) is 0 Å². The highest BCUT2D eigenvalue weighted by Gasteiger charge is 2.11. The summed E-state index contributed by atoms with van der Waals surface area (Å²) in [4.78, 5) is 12.1. The molecule has 0 saturated heterocycles. The number of carbonyl (C=O) groups is 1. The summed E-state index contributed by atoms with van der Waals surface area (Å²) >= 11 is 0. The molecule has 0 fully saturated rings. The molecule has 2 N–H and O–H groups in total. The van der Waals surface area contributed by atoms with Crippen molar-refractivity contribution in [3.8, 4) is 12.1 Å². The molecule has 25 heavy (non-hydrogen) atoms. The molecule has 0 heterocycles. The van der Waals surface area contributed by atoms with Gasteiger partial charge in [0, 0.05) is 12.7 Å². The predicted molar refractivity (Wildman–Crippen MR) is 91.6 cm³/mol. The van der Waals surface area contributed by atoms with E-state index in [9.17, 15) is 9.18 Å². The van der Waals surface area contributed by atoms with Crippen LogP contribution in [0, 0.1) is 28.5 Å². The minimum Gasteiger partial charge on any atom is -0.389 e. The zero-order chi connectivity index (χ0) is 18.1. The van der Waals surface area contributed by atoms with Crippen molar-refractivity contribution >= 4 is 11.6 Å². The van der Waals surface area contributed by atoms with Crippen LogP contribution in [0.4, 0.5) is 10.1 Å². The topological polar surface area (TPSA) is 88.7 Å². The number of nitrogens with zero attached hydrogens (tertiary/aromatic N) is 2. The van der Waals surface area contributed by atoms with Crippen LogP contribution in [0.1, 0.15) is 11.1 Å². The summed E-state index contributed by atoms with van der Waals surface area (Å²) in [5.74, 6) is -0.912. The van der Waals surface area contributed by atoms with Gasteiger partial charge in [0.25, 0.3) is 5.91 Å². The van der Waals surface area contributed by atoms with Crippen LogP contribution in [0.5, 0.6) is 0 Å². The fourth-order valence-electron chi connectivity index (χ4n) is 2.11. The Labute approximate surface area is 145 Å². The first-order chi connectivity index (χ1) is 12.1. The number of rotatable bonds is 6. The monoisotopic (exact) mass is 334 g/mol. The van der Waals surface area contributed by atoms with E-state index >= 15 is 0 Å². The van der Waals surface area contributed by atoms with Crippen molar-refractivity contribution in [2.24, 2.45) is 0 Å². The largest absolute Gasteiger partial charge is 0.389 e. The fourth-order valence-corrected chi connectivity index (χ4v) is 2.11. The van der Waals surface area contributed by atoms with Gasteiger partial charge >= 0.3 is 0 Å². The first-order valence-electron chi connectivity index (χ1n) is 7.52. The molecule has 0 aliphatic heterocycles. The Morgan fingerprint density at radius 2 is 1.96 bits per heavy atom. The minimum absolute atomic E-state index is 0.119. The number of halogens is 1. The first kappa shape index (κ1) is 17.7. The predicted octanol–water partition coefficient (Wildman–Crippen LogP) is 2.88.